The van der Waals surface area contributed by atoms with Crippen molar-refractivity contribution in [2.75, 3.05) is 13.1 Å². The average molecular weight is 386 g/mol. The number of nitrogens with two attached hydrogens (primary N) is 1. The normalized spacial score (nSPS) is 22.0. The first-order valence-corrected chi connectivity index (χ1v) is 10.1. The molecule has 0 bridgehead atoms. The van der Waals surface area contributed by atoms with Gasteiger partial charge in [-0.15, -0.1) is 0 Å². The standard InChI is InChI=1S/C21H28ClN5/c1-15-5-3-6-16(2)27(15)10-4-9-24-13-18(12-23)17-11-20-19(25-14-17)7-8-21(22)26-20/h7-8,11-16H,3-6,9-10,23H2,1-2H3/t15-,16+. The van der Waals surface area contributed by atoms with Crippen LogP contribution in [0.15, 0.2) is 35.6 Å². The largest absolute Gasteiger partial charge is 0.404 e. The van der Waals surface area contributed by atoms with E-state index in [-0.39, 0.29) is 0 Å². The summed E-state index contributed by atoms with van der Waals surface area (Å²) >= 11 is 5.98. The summed E-state index contributed by atoms with van der Waals surface area (Å²) in [5.41, 5.74) is 9.10. The molecule has 3 heterocycles. The number of pyridine rings is 2. The van der Waals surface area contributed by atoms with Crippen molar-refractivity contribution in [3.63, 3.8) is 0 Å². The monoisotopic (exact) mass is 385 g/mol. The van der Waals surface area contributed by atoms with Gasteiger partial charge in [-0.25, -0.2) is 4.98 Å². The van der Waals surface area contributed by atoms with Crippen LogP contribution >= 0.6 is 11.6 Å². The van der Waals surface area contributed by atoms with Gasteiger partial charge in [0.2, 0.25) is 0 Å². The number of allylic oxidation sites excluding steroid dienone is 1. The van der Waals surface area contributed by atoms with Crippen LogP contribution in [0.25, 0.3) is 16.6 Å². The first-order valence-electron chi connectivity index (χ1n) is 9.68. The highest BCUT2D eigenvalue weighted by Crippen LogP contribution is 2.22. The van der Waals surface area contributed by atoms with Crippen LogP contribution in [0.5, 0.6) is 0 Å². The zero-order valence-electron chi connectivity index (χ0n) is 16.1. The van der Waals surface area contributed by atoms with E-state index in [1.54, 1.807) is 18.5 Å². The predicted octanol–water partition coefficient (Wildman–Crippen LogP) is 4.31. The number of hydrogen-bond acceptors (Lipinski definition) is 5. The topological polar surface area (TPSA) is 67.4 Å². The maximum absolute atomic E-state index is 5.98. The fraction of sp³-hybridized carbons (Fsp3) is 0.476. The molecule has 2 aromatic rings. The van der Waals surface area contributed by atoms with Gasteiger partial charge in [0.05, 0.1) is 11.0 Å². The molecule has 0 aromatic carbocycles. The van der Waals surface area contributed by atoms with Crippen LogP contribution in [-0.2, 0) is 0 Å². The van der Waals surface area contributed by atoms with E-state index in [9.17, 15) is 0 Å². The number of nitrogens with zero attached hydrogens (tertiary/aromatic N) is 4. The van der Waals surface area contributed by atoms with Crippen molar-refractivity contribution in [2.45, 2.75) is 51.6 Å². The Kier molecular flexibility index (Phi) is 6.80. The molecule has 6 heteroatoms. The molecule has 0 unspecified atom stereocenters. The smallest absolute Gasteiger partial charge is 0.129 e. The average Bonchev–Trinajstić information content (AvgIpc) is 2.66. The van der Waals surface area contributed by atoms with E-state index in [0.29, 0.717) is 17.2 Å². The van der Waals surface area contributed by atoms with E-state index in [0.717, 1.165) is 41.7 Å². The SMILES string of the molecule is C[C@@H]1CCC[C@H](C)N1CCCN=CC(=CN)c1cnc2ccc(Cl)nc2c1. The van der Waals surface area contributed by atoms with E-state index in [4.69, 9.17) is 17.3 Å². The second-order valence-corrected chi connectivity index (χ2v) is 7.66. The Morgan fingerprint density at radius 2 is 2.07 bits per heavy atom. The molecule has 3 rings (SSSR count). The van der Waals surface area contributed by atoms with Gasteiger partial charge in [0.1, 0.15) is 5.15 Å². The highest BCUT2D eigenvalue weighted by atomic mass is 35.5. The molecule has 0 saturated carbocycles. The minimum Gasteiger partial charge on any atom is -0.404 e. The van der Waals surface area contributed by atoms with Gasteiger partial charge in [-0.1, -0.05) is 18.0 Å². The minimum atomic E-state index is 0.453. The lowest BCUT2D eigenvalue weighted by Gasteiger charge is -2.38. The lowest BCUT2D eigenvalue weighted by molar-refractivity contribution is 0.103. The Labute approximate surface area is 166 Å². The lowest BCUT2D eigenvalue weighted by atomic mass is 9.97. The van der Waals surface area contributed by atoms with Crippen LogP contribution in [0.2, 0.25) is 5.15 Å². The molecule has 1 saturated heterocycles. The third kappa shape index (κ3) is 5.05. The first-order chi connectivity index (χ1) is 13.1. The van der Waals surface area contributed by atoms with E-state index in [1.165, 1.54) is 19.3 Å². The molecule has 1 aliphatic rings. The van der Waals surface area contributed by atoms with Gasteiger partial charge >= 0.3 is 0 Å². The molecular weight excluding hydrogens is 358 g/mol. The van der Waals surface area contributed by atoms with E-state index >= 15 is 0 Å². The maximum atomic E-state index is 5.98. The van der Waals surface area contributed by atoms with Crippen LogP contribution < -0.4 is 5.73 Å². The summed E-state index contributed by atoms with van der Waals surface area (Å²) in [6.07, 6.45) is 10.2. The van der Waals surface area contributed by atoms with Gasteiger partial charge in [-0.05, 0) is 51.3 Å². The zero-order chi connectivity index (χ0) is 19.2. The van der Waals surface area contributed by atoms with Gasteiger partial charge in [-0.3, -0.25) is 14.9 Å². The highest BCUT2D eigenvalue weighted by Gasteiger charge is 2.23. The van der Waals surface area contributed by atoms with E-state index < -0.39 is 0 Å². The van der Waals surface area contributed by atoms with Crippen molar-refractivity contribution < 1.29 is 0 Å². The lowest BCUT2D eigenvalue weighted by Crippen LogP contribution is -2.44. The fourth-order valence-corrected chi connectivity index (χ4v) is 3.93. The Balaban J connectivity index is 1.58. The van der Waals surface area contributed by atoms with Gasteiger partial charge in [-0.2, -0.15) is 0 Å². The van der Waals surface area contributed by atoms with Gasteiger partial charge in [0.25, 0.3) is 0 Å². The van der Waals surface area contributed by atoms with Crippen molar-refractivity contribution in [1.82, 2.24) is 14.9 Å². The minimum absolute atomic E-state index is 0.453. The van der Waals surface area contributed by atoms with Crippen molar-refractivity contribution in [1.29, 1.82) is 0 Å². The number of hydrogen-bond donors (Lipinski definition) is 1. The molecular formula is C21H28ClN5. The Bertz CT molecular complexity index is 822. The summed E-state index contributed by atoms with van der Waals surface area (Å²) in [5.74, 6) is 0. The summed E-state index contributed by atoms with van der Waals surface area (Å²) in [7, 11) is 0. The molecule has 27 heavy (non-hydrogen) atoms. The predicted molar refractivity (Wildman–Crippen MR) is 114 cm³/mol. The number of fused-ring (bicyclic) bond motifs is 1. The number of halogens is 1. The van der Waals surface area contributed by atoms with Crippen LogP contribution in [-0.4, -0.2) is 46.3 Å². The second-order valence-electron chi connectivity index (χ2n) is 7.27. The van der Waals surface area contributed by atoms with Gasteiger partial charge in [0.15, 0.2) is 0 Å². The molecule has 144 valence electrons. The summed E-state index contributed by atoms with van der Waals surface area (Å²) in [4.78, 5) is 15.9. The molecule has 0 amide bonds. The first kappa shape index (κ1) is 19.8. The molecule has 1 aliphatic heterocycles. The number of rotatable bonds is 6. The van der Waals surface area contributed by atoms with Crippen molar-refractivity contribution in [3.05, 3.63) is 41.3 Å². The molecule has 0 radical (unpaired) electrons. The molecule has 0 spiro atoms. The molecule has 1 fully saturated rings. The van der Waals surface area contributed by atoms with E-state index in [1.807, 2.05) is 18.3 Å². The van der Waals surface area contributed by atoms with Gasteiger partial charge in [0, 0.05) is 54.9 Å². The molecule has 2 aromatic heterocycles. The fourth-order valence-electron chi connectivity index (χ4n) is 3.78. The van der Waals surface area contributed by atoms with Crippen LogP contribution in [0.3, 0.4) is 0 Å². The second kappa shape index (κ2) is 9.29. The molecule has 2 atom stereocenters. The Hall–Kier alpha value is -1.98. The van der Waals surface area contributed by atoms with E-state index in [2.05, 4.69) is 33.7 Å². The molecule has 2 N–H and O–H groups in total. The van der Waals surface area contributed by atoms with Crippen molar-refractivity contribution in [3.8, 4) is 0 Å². The molecule has 0 aliphatic carbocycles. The number of piperidine rings is 1. The third-order valence-electron chi connectivity index (χ3n) is 5.33. The van der Waals surface area contributed by atoms with Crippen LogP contribution in [0, 0.1) is 0 Å². The number of likely N-dealkylation sites (tertiary alicyclic amines) is 1. The molecule has 5 nitrogen and oxygen atoms in total. The summed E-state index contributed by atoms with van der Waals surface area (Å²) in [6.45, 7) is 6.56. The Morgan fingerprint density at radius 1 is 1.30 bits per heavy atom. The van der Waals surface area contributed by atoms with Crippen LogP contribution in [0.4, 0.5) is 0 Å². The highest BCUT2D eigenvalue weighted by molar-refractivity contribution is 6.29. The Morgan fingerprint density at radius 3 is 2.81 bits per heavy atom. The summed E-state index contributed by atoms with van der Waals surface area (Å²) < 4.78 is 0. The number of aromatic nitrogens is 2. The summed E-state index contributed by atoms with van der Waals surface area (Å²) in [5, 5.41) is 0.453. The van der Waals surface area contributed by atoms with Crippen molar-refractivity contribution >= 4 is 34.4 Å². The quantitative estimate of drug-likeness (QED) is 0.457. The third-order valence-corrected chi connectivity index (χ3v) is 5.54. The maximum Gasteiger partial charge on any atom is 0.129 e. The van der Waals surface area contributed by atoms with Crippen molar-refractivity contribution in [2.24, 2.45) is 10.7 Å². The number of aliphatic imine (C=N–C) groups is 1. The summed E-state index contributed by atoms with van der Waals surface area (Å²) in [6, 6.07) is 6.90. The zero-order valence-corrected chi connectivity index (χ0v) is 16.9. The van der Waals surface area contributed by atoms with Gasteiger partial charge < -0.3 is 5.73 Å². The van der Waals surface area contributed by atoms with Crippen LogP contribution in [0.1, 0.15) is 45.1 Å².